The van der Waals surface area contributed by atoms with E-state index in [0.29, 0.717) is 25.9 Å². The van der Waals surface area contributed by atoms with Crippen molar-refractivity contribution in [2.24, 2.45) is 0 Å². The van der Waals surface area contributed by atoms with Crippen LogP contribution in [0.4, 0.5) is 0 Å². The normalized spacial score (nSPS) is 24.1. The average Bonchev–Trinajstić information content (AvgIpc) is 2.27. The van der Waals surface area contributed by atoms with Crippen molar-refractivity contribution >= 4 is 11.8 Å². The highest BCUT2D eigenvalue weighted by atomic mass is 16.2. The van der Waals surface area contributed by atoms with E-state index in [1.54, 1.807) is 16.8 Å². The Labute approximate surface area is 84.9 Å². The minimum Gasteiger partial charge on any atom is -0.341 e. The van der Waals surface area contributed by atoms with E-state index < -0.39 is 0 Å². The van der Waals surface area contributed by atoms with E-state index in [-0.39, 0.29) is 17.9 Å². The van der Waals surface area contributed by atoms with Gasteiger partial charge in [0.05, 0.1) is 0 Å². The Hall–Kier alpha value is -1.06. The zero-order chi connectivity index (χ0) is 10.7. The molecule has 1 atom stereocenters. The van der Waals surface area contributed by atoms with Crippen LogP contribution in [-0.2, 0) is 9.59 Å². The van der Waals surface area contributed by atoms with Gasteiger partial charge in [0.2, 0.25) is 11.8 Å². The van der Waals surface area contributed by atoms with Crippen molar-refractivity contribution in [3.05, 3.63) is 0 Å². The summed E-state index contributed by atoms with van der Waals surface area (Å²) < 4.78 is 0. The molecular weight excluding hydrogens is 180 g/mol. The number of hydrogen-bond acceptors (Lipinski definition) is 2. The molecule has 0 aromatic rings. The van der Waals surface area contributed by atoms with Gasteiger partial charge in [0.1, 0.15) is 6.04 Å². The number of likely N-dealkylation sites (N-methyl/N-ethyl adjacent to an activating group) is 2. The molecule has 1 aliphatic rings. The van der Waals surface area contributed by atoms with Crippen molar-refractivity contribution in [3.8, 4) is 0 Å². The van der Waals surface area contributed by atoms with E-state index in [4.69, 9.17) is 0 Å². The summed E-state index contributed by atoms with van der Waals surface area (Å²) in [5.41, 5.74) is 0. The van der Waals surface area contributed by atoms with Gasteiger partial charge in [-0.25, -0.2) is 0 Å². The minimum atomic E-state index is -0.259. The Morgan fingerprint density at radius 1 is 1.36 bits per heavy atom. The molecule has 0 unspecified atom stereocenters. The van der Waals surface area contributed by atoms with E-state index in [2.05, 4.69) is 0 Å². The number of nitrogens with zero attached hydrogens (tertiary/aromatic N) is 2. The summed E-state index contributed by atoms with van der Waals surface area (Å²) in [6.07, 6.45) is 1.14. The Kier molecular flexibility index (Phi) is 3.49. The van der Waals surface area contributed by atoms with Crippen LogP contribution in [-0.4, -0.2) is 47.8 Å². The summed E-state index contributed by atoms with van der Waals surface area (Å²) in [6, 6.07) is -0.259. The van der Waals surface area contributed by atoms with Crippen molar-refractivity contribution in [1.29, 1.82) is 0 Å². The first-order chi connectivity index (χ1) is 6.61. The number of carbonyl (C=O) groups excluding carboxylic acids is 2. The molecule has 14 heavy (non-hydrogen) atoms. The third-order valence-electron chi connectivity index (χ3n) is 2.82. The quantitative estimate of drug-likeness (QED) is 0.647. The second-order valence-electron chi connectivity index (χ2n) is 3.60. The molecule has 4 nitrogen and oxygen atoms in total. The van der Waals surface area contributed by atoms with Crippen molar-refractivity contribution in [2.75, 3.05) is 20.1 Å². The maximum atomic E-state index is 11.9. The van der Waals surface area contributed by atoms with Crippen LogP contribution in [0.15, 0.2) is 0 Å². The van der Waals surface area contributed by atoms with Crippen molar-refractivity contribution in [2.45, 2.75) is 32.7 Å². The minimum absolute atomic E-state index is 0.0705. The highest BCUT2D eigenvalue weighted by molar-refractivity contribution is 5.89. The summed E-state index contributed by atoms with van der Waals surface area (Å²) in [5, 5.41) is 0. The summed E-state index contributed by atoms with van der Waals surface area (Å²) in [4.78, 5) is 26.8. The van der Waals surface area contributed by atoms with Gasteiger partial charge in [-0.15, -0.1) is 0 Å². The molecule has 2 amide bonds. The predicted molar refractivity (Wildman–Crippen MR) is 53.7 cm³/mol. The molecule has 0 aromatic carbocycles. The second-order valence-corrected chi connectivity index (χ2v) is 3.60. The molecule has 0 saturated carbocycles. The third-order valence-corrected chi connectivity index (χ3v) is 2.82. The third kappa shape index (κ3) is 1.89. The van der Waals surface area contributed by atoms with Crippen LogP contribution in [0.3, 0.4) is 0 Å². The van der Waals surface area contributed by atoms with Crippen LogP contribution < -0.4 is 0 Å². The zero-order valence-electron chi connectivity index (χ0n) is 9.12. The SMILES string of the molecule is CC[C@H]1C(=O)N(CC)CCC(=O)N1C. The number of rotatable bonds is 2. The lowest BCUT2D eigenvalue weighted by Gasteiger charge is -2.26. The maximum Gasteiger partial charge on any atom is 0.245 e. The summed E-state index contributed by atoms with van der Waals surface area (Å²) >= 11 is 0. The Morgan fingerprint density at radius 3 is 2.50 bits per heavy atom. The molecule has 1 rings (SSSR count). The molecule has 0 aliphatic carbocycles. The van der Waals surface area contributed by atoms with Gasteiger partial charge in [-0.05, 0) is 13.3 Å². The van der Waals surface area contributed by atoms with Gasteiger partial charge in [-0.3, -0.25) is 9.59 Å². The van der Waals surface area contributed by atoms with E-state index >= 15 is 0 Å². The van der Waals surface area contributed by atoms with E-state index in [0.717, 1.165) is 0 Å². The summed E-state index contributed by atoms with van der Waals surface area (Å²) in [7, 11) is 1.72. The van der Waals surface area contributed by atoms with Gasteiger partial charge in [0.15, 0.2) is 0 Å². The van der Waals surface area contributed by atoms with Crippen LogP contribution in [0, 0.1) is 0 Å². The number of amides is 2. The highest BCUT2D eigenvalue weighted by Crippen LogP contribution is 2.13. The smallest absolute Gasteiger partial charge is 0.245 e. The van der Waals surface area contributed by atoms with Crippen LogP contribution >= 0.6 is 0 Å². The first-order valence-corrected chi connectivity index (χ1v) is 5.16. The fraction of sp³-hybridized carbons (Fsp3) is 0.800. The van der Waals surface area contributed by atoms with Gasteiger partial charge in [0, 0.05) is 26.6 Å². The second kappa shape index (κ2) is 4.44. The summed E-state index contributed by atoms with van der Waals surface area (Å²) in [6.45, 7) is 5.14. The molecule has 0 spiro atoms. The molecule has 1 aliphatic heterocycles. The van der Waals surface area contributed by atoms with Gasteiger partial charge < -0.3 is 9.80 Å². The first kappa shape index (κ1) is 11.0. The van der Waals surface area contributed by atoms with Crippen LogP contribution in [0.5, 0.6) is 0 Å². The standard InChI is InChI=1S/C10H18N2O2/c1-4-8-10(14)12(5-2)7-6-9(13)11(8)3/h8H,4-7H2,1-3H3/t8-/m0/s1. The monoisotopic (exact) mass is 198 g/mol. The van der Waals surface area contributed by atoms with Gasteiger partial charge in [-0.1, -0.05) is 6.92 Å². The maximum absolute atomic E-state index is 11.9. The number of carbonyl (C=O) groups is 2. The molecular formula is C10H18N2O2. The fourth-order valence-electron chi connectivity index (χ4n) is 1.83. The lowest BCUT2D eigenvalue weighted by atomic mass is 10.2. The van der Waals surface area contributed by atoms with Crippen LogP contribution in [0.1, 0.15) is 26.7 Å². The van der Waals surface area contributed by atoms with Gasteiger partial charge >= 0.3 is 0 Å². The Balaban J connectivity index is 2.87. The van der Waals surface area contributed by atoms with E-state index in [1.807, 2.05) is 13.8 Å². The molecule has 0 aromatic heterocycles. The molecule has 80 valence electrons. The molecule has 4 heteroatoms. The fourth-order valence-corrected chi connectivity index (χ4v) is 1.83. The molecule has 1 saturated heterocycles. The van der Waals surface area contributed by atoms with Crippen molar-refractivity contribution in [3.63, 3.8) is 0 Å². The van der Waals surface area contributed by atoms with Gasteiger partial charge in [0.25, 0.3) is 0 Å². The van der Waals surface area contributed by atoms with Gasteiger partial charge in [-0.2, -0.15) is 0 Å². The topological polar surface area (TPSA) is 40.6 Å². The Bertz CT molecular complexity index is 240. The molecule has 0 bridgehead atoms. The van der Waals surface area contributed by atoms with Crippen molar-refractivity contribution < 1.29 is 9.59 Å². The molecule has 0 N–H and O–H groups in total. The average molecular weight is 198 g/mol. The largest absolute Gasteiger partial charge is 0.341 e. The summed E-state index contributed by atoms with van der Waals surface area (Å²) in [5.74, 6) is 0.157. The van der Waals surface area contributed by atoms with E-state index in [1.165, 1.54) is 0 Å². The van der Waals surface area contributed by atoms with E-state index in [9.17, 15) is 9.59 Å². The highest BCUT2D eigenvalue weighted by Gasteiger charge is 2.31. The van der Waals surface area contributed by atoms with Crippen molar-refractivity contribution in [1.82, 2.24) is 9.80 Å². The van der Waals surface area contributed by atoms with Crippen LogP contribution in [0.25, 0.3) is 0 Å². The lowest BCUT2D eigenvalue weighted by Crippen LogP contribution is -2.45. The molecule has 0 radical (unpaired) electrons. The zero-order valence-corrected chi connectivity index (χ0v) is 9.12. The number of hydrogen-bond donors (Lipinski definition) is 0. The first-order valence-electron chi connectivity index (χ1n) is 5.16. The van der Waals surface area contributed by atoms with Crippen LogP contribution in [0.2, 0.25) is 0 Å². The molecule has 1 heterocycles. The molecule has 1 fully saturated rings. The lowest BCUT2D eigenvalue weighted by molar-refractivity contribution is -0.140. The Morgan fingerprint density at radius 2 is 2.00 bits per heavy atom. The predicted octanol–water partition coefficient (Wildman–Crippen LogP) is 0.476.